The van der Waals surface area contributed by atoms with Crippen molar-refractivity contribution in [2.45, 2.75) is 12.5 Å². The van der Waals surface area contributed by atoms with E-state index in [0.717, 1.165) is 21.3 Å². The SMILES string of the molecule is Cn1cc(C(C)(O)c2cnc(Cl)s2)c2ccccc21. The normalized spacial score (nSPS) is 14.7. The summed E-state index contributed by atoms with van der Waals surface area (Å²) in [6.45, 7) is 1.78. The second-order valence-electron chi connectivity index (χ2n) is 4.72. The summed E-state index contributed by atoms with van der Waals surface area (Å²) in [6, 6.07) is 8.02. The molecule has 3 rings (SSSR count). The lowest BCUT2D eigenvalue weighted by Gasteiger charge is -2.20. The number of aliphatic hydroxyl groups is 1. The van der Waals surface area contributed by atoms with Gasteiger partial charge >= 0.3 is 0 Å². The van der Waals surface area contributed by atoms with Gasteiger partial charge in [-0.3, -0.25) is 0 Å². The van der Waals surface area contributed by atoms with Crippen LogP contribution in [-0.4, -0.2) is 14.7 Å². The van der Waals surface area contributed by atoms with E-state index in [2.05, 4.69) is 4.98 Å². The number of nitrogens with zero attached hydrogens (tertiary/aromatic N) is 2. The minimum Gasteiger partial charge on any atom is -0.380 e. The van der Waals surface area contributed by atoms with Crippen molar-refractivity contribution in [3.05, 3.63) is 51.6 Å². The smallest absolute Gasteiger partial charge is 0.183 e. The quantitative estimate of drug-likeness (QED) is 0.784. The standard InChI is InChI=1S/C14H13ClN2OS/c1-14(18,12-7-16-13(15)19-12)10-8-17(2)11-6-4-3-5-9(10)11/h3-8,18H,1-2H3. The third-order valence-corrected chi connectivity index (χ3v) is 4.70. The topological polar surface area (TPSA) is 38.0 Å². The second kappa shape index (κ2) is 4.34. The van der Waals surface area contributed by atoms with Gasteiger partial charge in [0.05, 0.1) is 4.88 Å². The Morgan fingerprint density at radius 3 is 2.79 bits per heavy atom. The van der Waals surface area contributed by atoms with Crippen molar-refractivity contribution in [1.82, 2.24) is 9.55 Å². The number of rotatable bonds is 2. The molecule has 3 aromatic rings. The van der Waals surface area contributed by atoms with Crippen LogP contribution in [0.1, 0.15) is 17.4 Å². The number of fused-ring (bicyclic) bond motifs is 1. The summed E-state index contributed by atoms with van der Waals surface area (Å²) in [4.78, 5) is 4.76. The Kier molecular flexibility index (Phi) is 2.89. The first-order chi connectivity index (χ1) is 9.00. The van der Waals surface area contributed by atoms with Crippen molar-refractivity contribution in [2.24, 2.45) is 7.05 Å². The molecule has 1 N–H and O–H groups in total. The Morgan fingerprint density at radius 1 is 1.37 bits per heavy atom. The average Bonchev–Trinajstić information content (AvgIpc) is 2.95. The lowest BCUT2D eigenvalue weighted by molar-refractivity contribution is 0.107. The van der Waals surface area contributed by atoms with E-state index >= 15 is 0 Å². The molecule has 1 atom stereocenters. The predicted octanol–water partition coefficient (Wildman–Crippen LogP) is 3.54. The molecule has 0 saturated carbocycles. The summed E-state index contributed by atoms with van der Waals surface area (Å²) in [5, 5.41) is 11.9. The maximum atomic E-state index is 10.9. The number of aromatic nitrogens is 2. The zero-order valence-electron chi connectivity index (χ0n) is 10.6. The fraction of sp³-hybridized carbons (Fsp3) is 0.214. The first-order valence-corrected chi connectivity index (χ1v) is 7.08. The van der Waals surface area contributed by atoms with Crippen LogP contribution in [-0.2, 0) is 12.6 Å². The molecule has 0 fully saturated rings. The molecule has 0 bridgehead atoms. The zero-order chi connectivity index (χ0) is 13.6. The summed E-state index contributed by atoms with van der Waals surface area (Å²) < 4.78 is 2.46. The minimum absolute atomic E-state index is 0.440. The van der Waals surface area contributed by atoms with Crippen molar-refractivity contribution in [2.75, 3.05) is 0 Å². The van der Waals surface area contributed by atoms with E-state index < -0.39 is 5.60 Å². The van der Waals surface area contributed by atoms with Crippen LogP contribution >= 0.6 is 22.9 Å². The highest BCUT2D eigenvalue weighted by atomic mass is 35.5. The molecule has 0 aliphatic rings. The molecule has 2 heterocycles. The molecule has 1 aromatic carbocycles. The van der Waals surface area contributed by atoms with Crippen LogP contribution in [0, 0.1) is 0 Å². The Hall–Kier alpha value is -1.36. The summed E-state index contributed by atoms with van der Waals surface area (Å²) in [5.41, 5.74) is 0.866. The molecule has 19 heavy (non-hydrogen) atoms. The molecule has 5 heteroatoms. The van der Waals surface area contributed by atoms with Crippen LogP contribution in [0.25, 0.3) is 10.9 Å². The zero-order valence-corrected chi connectivity index (χ0v) is 12.2. The Morgan fingerprint density at radius 2 is 2.11 bits per heavy atom. The Balaban J connectivity index is 2.23. The molecule has 3 nitrogen and oxygen atoms in total. The fourth-order valence-electron chi connectivity index (χ4n) is 2.34. The van der Waals surface area contributed by atoms with Crippen LogP contribution in [0.15, 0.2) is 36.7 Å². The summed E-state index contributed by atoms with van der Waals surface area (Å²) in [7, 11) is 1.97. The van der Waals surface area contributed by atoms with E-state index in [1.165, 1.54) is 11.3 Å². The van der Waals surface area contributed by atoms with Crippen molar-refractivity contribution in [3.8, 4) is 0 Å². The van der Waals surface area contributed by atoms with Crippen molar-refractivity contribution in [3.63, 3.8) is 0 Å². The van der Waals surface area contributed by atoms with E-state index in [1.54, 1.807) is 13.1 Å². The highest BCUT2D eigenvalue weighted by Gasteiger charge is 2.31. The van der Waals surface area contributed by atoms with E-state index in [-0.39, 0.29) is 0 Å². The van der Waals surface area contributed by atoms with Gasteiger partial charge in [-0.1, -0.05) is 29.8 Å². The van der Waals surface area contributed by atoms with Crippen LogP contribution in [0.4, 0.5) is 0 Å². The Labute approximate surface area is 120 Å². The molecule has 98 valence electrons. The number of hydrogen-bond donors (Lipinski definition) is 1. The van der Waals surface area contributed by atoms with Gasteiger partial charge in [0, 0.05) is 35.9 Å². The lowest BCUT2D eigenvalue weighted by atomic mass is 9.94. The first-order valence-electron chi connectivity index (χ1n) is 5.89. The highest BCUT2D eigenvalue weighted by molar-refractivity contribution is 7.15. The molecule has 0 amide bonds. The molecule has 0 aliphatic carbocycles. The van der Waals surface area contributed by atoms with Crippen molar-refractivity contribution < 1.29 is 5.11 Å². The van der Waals surface area contributed by atoms with Crippen LogP contribution in [0.3, 0.4) is 0 Å². The number of hydrogen-bond acceptors (Lipinski definition) is 3. The second-order valence-corrected chi connectivity index (χ2v) is 6.33. The van der Waals surface area contributed by atoms with Crippen molar-refractivity contribution in [1.29, 1.82) is 0 Å². The highest BCUT2D eigenvalue weighted by Crippen LogP contribution is 2.38. The average molecular weight is 293 g/mol. The van der Waals surface area contributed by atoms with Gasteiger partial charge in [0.2, 0.25) is 0 Å². The van der Waals surface area contributed by atoms with Gasteiger partial charge in [-0.15, -0.1) is 11.3 Å². The third-order valence-electron chi connectivity index (χ3n) is 3.38. The van der Waals surface area contributed by atoms with Gasteiger partial charge < -0.3 is 9.67 Å². The van der Waals surface area contributed by atoms with Gasteiger partial charge in [0.25, 0.3) is 0 Å². The van der Waals surface area contributed by atoms with E-state index in [1.807, 2.05) is 42.1 Å². The maximum absolute atomic E-state index is 10.9. The predicted molar refractivity (Wildman–Crippen MR) is 78.7 cm³/mol. The largest absolute Gasteiger partial charge is 0.380 e. The fourth-order valence-corrected chi connectivity index (χ4v) is 3.34. The third kappa shape index (κ3) is 1.96. The number of benzene rings is 1. The molecule has 0 spiro atoms. The van der Waals surface area contributed by atoms with Crippen molar-refractivity contribution >= 4 is 33.8 Å². The maximum Gasteiger partial charge on any atom is 0.183 e. The summed E-state index contributed by atoms with van der Waals surface area (Å²) in [5.74, 6) is 0. The number of thiazole rings is 1. The van der Waals surface area contributed by atoms with Gasteiger partial charge in [-0.2, -0.15) is 0 Å². The van der Waals surface area contributed by atoms with E-state index in [4.69, 9.17) is 11.6 Å². The summed E-state index contributed by atoms with van der Waals surface area (Å²) >= 11 is 7.17. The van der Waals surface area contributed by atoms with Gasteiger partial charge in [-0.25, -0.2) is 4.98 Å². The van der Waals surface area contributed by atoms with E-state index in [0.29, 0.717) is 4.47 Å². The molecule has 2 aromatic heterocycles. The molecule has 0 radical (unpaired) electrons. The van der Waals surface area contributed by atoms with Crippen LogP contribution < -0.4 is 0 Å². The van der Waals surface area contributed by atoms with Gasteiger partial charge in [-0.05, 0) is 13.0 Å². The molecule has 0 saturated heterocycles. The van der Waals surface area contributed by atoms with Crippen LogP contribution in [0.2, 0.25) is 4.47 Å². The molecular weight excluding hydrogens is 280 g/mol. The van der Waals surface area contributed by atoms with Gasteiger partial charge in [0.15, 0.2) is 4.47 Å². The summed E-state index contributed by atoms with van der Waals surface area (Å²) in [6.07, 6.45) is 3.59. The number of halogens is 1. The molecular formula is C14H13ClN2OS. The first kappa shape index (κ1) is 12.7. The monoisotopic (exact) mass is 292 g/mol. The molecule has 1 unspecified atom stereocenters. The Bertz CT molecular complexity index is 745. The van der Waals surface area contributed by atoms with Crippen LogP contribution in [0.5, 0.6) is 0 Å². The van der Waals surface area contributed by atoms with E-state index in [9.17, 15) is 5.11 Å². The number of aryl methyl sites for hydroxylation is 1. The lowest BCUT2D eigenvalue weighted by Crippen LogP contribution is -2.21. The molecule has 0 aliphatic heterocycles. The number of para-hydroxylation sites is 1. The minimum atomic E-state index is -1.09. The van der Waals surface area contributed by atoms with Gasteiger partial charge in [0.1, 0.15) is 5.60 Å².